The van der Waals surface area contributed by atoms with Crippen molar-refractivity contribution in [1.82, 2.24) is 9.97 Å². The number of fused-ring (bicyclic) bond motifs is 3. The van der Waals surface area contributed by atoms with Crippen molar-refractivity contribution in [3.05, 3.63) is 48.8 Å². The van der Waals surface area contributed by atoms with Crippen molar-refractivity contribution in [2.75, 3.05) is 0 Å². The van der Waals surface area contributed by atoms with E-state index in [1.165, 1.54) is 0 Å². The van der Waals surface area contributed by atoms with Gasteiger partial charge in [-0.2, -0.15) is 0 Å². The van der Waals surface area contributed by atoms with Crippen LogP contribution in [0.25, 0.3) is 21.8 Å². The van der Waals surface area contributed by atoms with E-state index in [4.69, 9.17) is 0 Å². The summed E-state index contributed by atoms with van der Waals surface area (Å²) in [4.78, 5) is 8.69. The monoisotopic (exact) mass is 410 g/mol. The normalized spacial score (nSPS) is 8.00. The molecule has 0 aliphatic carbocycles. The molecule has 0 N–H and O–H groups in total. The van der Waals surface area contributed by atoms with Crippen molar-refractivity contribution in [1.29, 1.82) is 0 Å². The van der Waals surface area contributed by atoms with E-state index in [1.807, 2.05) is 12.1 Å². The van der Waals surface area contributed by atoms with Gasteiger partial charge in [-0.1, -0.05) is 24.3 Å². The summed E-state index contributed by atoms with van der Waals surface area (Å²) in [6.07, 6.45) is 3.60. The second kappa shape index (κ2) is 10.8. The Hall–Kier alpha value is 0.0831. The standard InChI is InChI=1S/C12H8N2.4ClH.Zr/c1-3-9-5-6-10-4-2-8-14-12(10)11(9)13-7-1;;;;;/h1-8H;4*1H;/q;;;;;+4/p-4. The van der Waals surface area contributed by atoms with Crippen LogP contribution in [0.1, 0.15) is 0 Å². The van der Waals surface area contributed by atoms with Crippen LogP contribution >= 0.6 is 0 Å². The average molecular weight is 413 g/mol. The summed E-state index contributed by atoms with van der Waals surface area (Å²) in [5.41, 5.74) is 1.95. The second-order valence-electron chi connectivity index (χ2n) is 3.22. The molecule has 1 aromatic carbocycles. The zero-order chi connectivity index (χ0) is 9.38. The molecule has 0 amide bonds. The van der Waals surface area contributed by atoms with E-state index in [0.717, 1.165) is 21.8 Å². The molecule has 98 valence electrons. The molecular weight excluding hydrogens is 405 g/mol. The summed E-state index contributed by atoms with van der Waals surface area (Å²) in [5.74, 6) is 0. The van der Waals surface area contributed by atoms with Gasteiger partial charge in [0.05, 0.1) is 11.0 Å². The number of pyridine rings is 2. The van der Waals surface area contributed by atoms with Crippen molar-refractivity contribution in [3.8, 4) is 0 Å². The Morgan fingerprint density at radius 3 is 1.32 bits per heavy atom. The molecule has 0 unspecified atom stereocenters. The first-order valence-electron chi connectivity index (χ1n) is 4.53. The second-order valence-corrected chi connectivity index (χ2v) is 3.22. The Bertz CT molecular complexity index is 567. The number of halogens is 4. The molecule has 2 aromatic heterocycles. The zero-order valence-electron chi connectivity index (χ0n) is 9.53. The molecule has 0 radical (unpaired) electrons. The molecule has 0 saturated heterocycles. The molecule has 2 nitrogen and oxygen atoms in total. The fraction of sp³-hybridized carbons (Fsp3) is 0. The minimum Gasteiger partial charge on any atom is -1.00 e. The van der Waals surface area contributed by atoms with E-state index < -0.39 is 0 Å². The van der Waals surface area contributed by atoms with E-state index in [-0.39, 0.29) is 75.8 Å². The van der Waals surface area contributed by atoms with Gasteiger partial charge in [-0.05, 0) is 12.1 Å². The predicted molar refractivity (Wildman–Crippen MR) is 57.0 cm³/mol. The van der Waals surface area contributed by atoms with Crippen molar-refractivity contribution in [2.45, 2.75) is 0 Å². The Morgan fingerprint density at radius 1 is 0.579 bits per heavy atom. The number of hydrogen-bond donors (Lipinski definition) is 0. The van der Waals surface area contributed by atoms with E-state index in [1.54, 1.807) is 12.4 Å². The third-order valence-electron chi connectivity index (χ3n) is 2.34. The molecule has 0 atom stereocenters. The van der Waals surface area contributed by atoms with E-state index in [9.17, 15) is 0 Å². The summed E-state index contributed by atoms with van der Waals surface area (Å²) in [5, 5.41) is 2.28. The minimum atomic E-state index is 0. The SMILES string of the molecule is [Cl-].[Cl-].[Cl-].[Cl-].[Zr+4].c1cnc2c(c1)ccc1cccnc12. The molecule has 2 heterocycles. The molecule has 0 aliphatic rings. The van der Waals surface area contributed by atoms with Crippen LogP contribution in [-0.4, -0.2) is 9.97 Å². The molecular formula is C12H8Cl4N2Zr. The number of hydrogen-bond acceptors (Lipinski definition) is 2. The van der Waals surface area contributed by atoms with Crippen molar-refractivity contribution in [2.24, 2.45) is 0 Å². The van der Waals surface area contributed by atoms with Crippen LogP contribution in [0, 0.1) is 0 Å². The first-order chi connectivity index (χ1) is 6.95. The van der Waals surface area contributed by atoms with E-state index in [0.29, 0.717) is 0 Å². The van der Waals surface area contributed by atoms with Crippen LogP contribution in [0.2, 0.25) is 0 Å². The average Bonchev–Trinajstić information content (AvgIpc) is 2.29. The van der Waals surface area contributed by atoms with Gasteiger partial charge < -0.3 is 49.6 Å². The number of benzene rings is 1. The summed E-state index contributed by atoms with van der Waals surface area (Å²) < 4.78 is 0. The summed E-state index contributed by atoms with van der Waals surface area (Å²) >= 11 is 0. The quantitative estimate of drug-likeness (QED) is 0.343. The van der Waals surface area contributed by atoms with E-state index in [2.05, 4.69) is 34.2 Å². The van der Waals surface area contributed by atoms with Gasteiger partial charge in [0.15, 0.2) is 0 Å². The Kier molecular flexibility index (Phi) is 13.7. The van der Waals surface area contributed by atoms with Gasteiger partial charge in [-0.15, -0.1) is 0 Å². The molecule has 0 saturated carbocycles. The van der Waals surface area contributed by atoms with Crippen LogP contribution in [-0.2, 0) is 26.2 Å². The maximum absolute atomic E-state index is 4.35. The van der Waals surface area contributed by atoms with E-state index >= 15 is 0 Å². The maximum atomic E-state index is 4.35. The van der Waals surface area contributed by atoms with Crippen LogP contribution in [0.5, 0.6) is 0 Å². The molecule has 3 rings (SSSR count). The molecule has 0 spiro atoms. The Morgan fingerprint density at radius 2 is 0.947 bits per heavy atom. The third-order valence-corrected chi connectivity index (χ3v) is 2.34. The number of rotatable bonds is 0. The summed E-state index contributed by atoms with van der Waals surface area (Å²) in [7, 11) is 0. The first-order valence-corrected chi connectivity index (χ1v) is 4.53. The van der Waals surface area contributed by atoms with Gasteiger partial charge in [0.25, 0.3) is 0 Å². The molecule has 0 bridgehead atoms. The van der Waals surface area contributed by atoms with Gasteiger partial charge in [0.1, 0.15) is 0 Å². The fourth-order valence-corrected chi connectivity index (χ4v) is 1.68. The van der Waals surface area contributed by atoms with Crippen molar-refractivity contribution >= 4 is 21.8 Å². The first kappa shape index (κ1) is 24.1. The van der Waals surface area contributed by atoms with Gasteiger partial charge in [-0.3, -0.25) is 9.97 Å². The Labute approximate surface area is 155 Å². The largest absolute Gasteiger partial charge is 4.00 e. The molecule has 0 fully saturated rings. The zero-order valence-corrected chi connectivity index (χ0v) is 15.0. The predicted octanol–water partition coefficient (Wildman–Crippen LogP) is -9.20. The van der Waals surface area contributed by atoms with Gasteiger partial charge in [-0.25, -0.2) is 0 Å². The Balaban J connectivity index is -0.000000512. The van der Waals surface area contributed by atoms with Gasteiger partial charge in [0.2, 0.25) is 0 Å². The smallest absolute Gasteiger partial charge is 1.00 e. The summed E-state index contributed by atoms with van der Waals surface area (Å²) in [6.45, 7) is 0. The number of nitrogens with zero attached hydrogens (tertiary/aromatic N) is 2. The van der Waals surface area contributed by atoms with Crippen LogP contribution in [0.4, 0.5) is 0 Å². The molecule has 7 heteroatoms. The fourth-order valence-electron chi connectivity index (χ4n) is 1.68. The maximum Gasteiger partial charge on any atom is 4.00 e. The van der Waals surface area contributed by atoms with Crippen molar-refractivity contribution in [3.63, 3.8) is 0 Å². The molecule has 0 aliphatic heterocycles. The minimum absolute atomic E-state index is 0. The van der Waals surface area contributed by atoms with Crippen molar-refractivity contribution < 1.29 is 75.8 Å². The molecule has 19 heavy (non-hydrogen) atoms. The summed E-state index contributed by atoms with van der Waals surface area (Å²) in [6, 6.07) is 12.1. The van der Waals surface area contributed by atoms with Crippen LogP contribution in [0.15, 0.2) is 48.8 Å². The van der Waals surface area contributed by atoms with Crippen LogP contribution < -0.4 is 49.6 Å². The topological polar surface area (TPSA) is 25.8 Å². The third kappa shape index (κ3) is 4.84. The molecule has 3 aromatic rings. The number of aromatic nitrogens is 2. The van der Waals surface area contributed by atoms with Crippen LogP contribution in [0.3, 0.4) is 0 Å². The van der Waals surface area contributed by atoms with Gasteiger partial charge >= 0.3 is 26.2 Å². The van der Waals surface area contributed by atoms with Gasteiger partial charge in [0, 0.05) is 23.2 Å².